The molecule has 7 nitrogen and oxygen atoms in total. The maximum absolute atomic E-state index is 13.9. The molecule has 0 saturated carbocycles. The van der Waals surface area contributed by atoms with Crippen molar-refractivity contribution >= 4 is 15.7 Å². The highest BCUT2D eigenvalue weighted by Crippen LogP contribution is 2.30. The Morgan fingerprint density at radius 1 is 1.50 bits per heavy atom. The summed E-state index contributed by atoms with van der Waals surface area (Å²) in [6.07, 6.45) is 0. The van der Waals surface area contributed by atoms with Crippen molar-refractivity contribution < 1.29 is 17.7 Å². The lowest BCUT2D eigenvalue weighted by molar-refractivity contribution is -0.388. The summed E-state index contributed by atoms with van der Waals surface area (Å²) in [5.41, 5.74) is -0.740. The summed E-state index contributed by atoms with van der Waals surface area (Å²) in [6, 6.07) is 2.62. The maximum atomic E-state index is 13.9. The van der Waals surface area contributed by atoms with E-state index in [0.29, 0.717) is 13.1 Å². The van der Waals surface area contributed by atoms with Crippen LogP contribution in [0.1, 0.15) is 6.92 Å². The minimum atomic E-state index is -4.24. The summed E-state index contributed by atoms with van der Waals surface area (Å²) in [5, 5.41) is 13.9. The molecule has 1 aliphatic rings. The molecule has 1 heterocycles. The summed E-state index contributed by atoms with van der Waals surface area (Å²) in [6.45, 7) is 2.65. The zero-order valence-corrected chi connectivity index (χ0v) is 11.6. The number of nitrogens with one attached hydrogen (secondary N) is 1. The fourth-order valence-corrected chi connectivity index (χ4v) is 4.03. The van der Waals surface area contributed by atoms with Gasteiger partial charge in [0.1, 0.15) is 5.82 Å². The van der Waals surface area contributed by atoms with Crippen molar-refractivity contribution in [2.45, 2.75) is 17.9 Å². The number of hydrogen-bond donors (Lipinski definition) is 1. The summed E-state index contributed by atoms with van der Waals surface area (Å²) < 4.78 is 39.9. The van der Waals surface area contributed by atoms with Gasteiger partial charge in [-0.05, 0) is 13.0 Å². The van der Waals surface area contributed by atoms with Gasteiger partial charge in [-0.15, -0.1) is 0 Å². The fourth-order valence-electron chi connectivity index (χ4n) is 2.19. The highest BCUT2D eigenvalue weighted by molar-refractivity contribution is 7.89. The van der Waals surface area contributed by atoms with E-state index in [1.54, 1.807) is 6.92 Å². The first-order valence-corrected chi connectivity index (χ1v) is 7.45. The zero-order chi connectivity index (χ0) is 14.9. The van der Waals surface area contributed by atoms with Crippen LogP contribution in [0.2, 0.25) is 0 Å². The van der Waals surface area contributed by atoms with Gasteiger partial charge in [-0.1, -0.05) is 6.07 Å². The number of nitro groups is 1. The van der Waals surface area contributed by atoms with Gasteiger partial charge in [-0.2, -0.15) is 4.31 Å². The van der Waals surface area contributed by atoms with Crippen LogP contribution in [0.15, 0.2) is 23.1 Å². The highest BCUT2D eigenvalue weighted by atomic mass is 32.2. The quantitative estimate of drug-likeness (QED) is 0.656. The van der Waals surface area contributed by atoms with Crippen molar-refractivity contribution in [2.75, 3.05) is 19.6 Å². The van der Waals surface area contributed by atoms with E-state index in [2.05, 4.69) is 5.32 Å². The number of benzene rings is 1. The molecule has 0 aromatic heterocycles. The molecule has 1 aromatic rings. The van der Waals surface area contributed by atoms with Gasteiger partial charge in [-0.3, -0.25) is 10.1 Å². The van der Waals surface area contributed by atoms with E-state index >= 15 is 0 Å². The summed E-state index contributed by atoms with van der Waals surface area (Å²) in [4.78, 5) is 9.18. The van der Waals surface area contributed by atoms with Gasteiger partial charge in [0.05, 0.1) is 4.92 Å². The molecule has 1 saturated heterocycles. The molecule has 110 valence electrons. The van der Waals surface area contributed by atoms with Gasteiger partial charge >= 0.3 is 0 Å². The highest BCUT2D eigenvalue weighted by Gasteiger charge is 2.38. The van der Waals surface area contributed by atoms with E-state index in [1.165, 1.54) is 0 Å². The number of piperazine rings is 1. The Labute approximate surface area is 115 Å². The largest absolute Gasteiger partial charge is 0.314 e. The second-order valence-corrected chi connectivity index (χ2v) is 6.34. The Kier molecular flexibility index (Phi) is 4.02. The lowest BCUT2D eigenvalue weighted by Gasteiger charge is -2.32. The topological polar surface area (TPSA) is 92.6 Å². The molecule has 0 amide bonds. The minimum absolute atomic E-state index is 0.148. The Balaban J connectivity index is 2.57. The molecule has 1 fully saturated rings. The molecule has 2 rings (SSSR count). The number of nitro benzene ring substituents is 1. The van der Waals surface area contributed by atoms with Crippen LogP contribution in [0.3, 0.4) is 0 Å². The van der Waals surface area contributed by atoms with Crippen molar-refractivity contribution in [3.8, 4) is 0 Å². The normalized spacial score (nSPS) is 20.8. The van der Waals surface area contributed by atoms with Crippen LogP contribution in [0.25, 0.3) is 0 Å². The third-order valence-electron chi connectivity index (χ3n) is 3.15. The number of sulfonamides is 1. The van der Waals surface area contributed by atoms with E-state index in [4.69, 9.17) is 0 Å². The smallest absolute Gasteiger partial charge is 0.292 e. The lowest BCUT2D eigenvalue weighted by atomic mass is 10.3. The van der Waals surface area contributed by atoms with Crippen LogP contribution < -0.4 is 5.32 Å². The van der Waals surface area contributed by atoms with Crippen molar-refractivity contribution in [1.82, 2.24) is 9.62 Å². The predicted molar refractivity (Wildman–Crippen MR) is 69.3 cm³/mol. The molecule has 1 N–H and O–H groups in total. The van der Waals surface area contributed by atoms with E-state index in [1.807, 2.05) is 0 Å². The second kappa shape index (κ2) is 5.43. The molecule has 0 aliphatic carbocycles. The third-order valence-corrected chi connectivity index (χ3v) is 5.23. The van der Waals surface area contributed by atoms with Gasteiger partial charge in [0, 0.05) is 31.7 Å². The third kappa shape index (κ3) is 2.51. The van der Waals surface area contributed by atoms with Crippen LogP contribution in [-0.2, 0) is 10.0 Å². The molecule has 1 aromatic carbocycles. The summed E-state index contributed by atoms with van der Waals surface area (Å²) >= 11 is 0. The molecule has 1 aliphatic heterocycles. The van der Waals surface area contributed by atoms with Crippen LogP contribution >= 0.6 is 0 Å². The Morgan fingerprint density at radius 3 is 2.80 bits per heavy atom. The molecule has 1 atom stereocenters. The van der Waals surface area contributed by atoms with Gasteiger partial charge in [0.25, 0.3) is 15.7 Å². The molecular formula is C11H14FN3O4S. The standard InChI is InChI=1S/C11H14FN3O4S/c1-8-7-13-5-6-14(8)20(18,19)11-9(12)3-2-4-10(11)15(16)17/h2-4,8,13H,5-7H2,1H3/t8-/m1/s1. The van der Waals surface area contributed by atoms with Crippen LogP contribution in [0, 0.1) is 15.9 Å². The first kappa shape index (κ1) is 14.8. The lowest BCUT2D eigenvalue weighted by Crippen LogP contribution is -2.52. The SMILES string of the molecule is C[C@@H]1CNCCN1S(=O)(=O)c1c(F)cccc1[N+](=O)[O-]. The van der Waals surface area contributed by atoms with E-state index < -0.39 is 37.4 Å². The van der Waals surface area contributed by atoms with Gasteiger partial charge in [0.15, 0.2) is 4.90 Å². The zero-order valence-electron chi connectivity index (χ0n) is 10.7. The molecule has 0 spiro atoms. The Morgan fingerprint density at radius 2 is 2.20 bits per heavy atom. The maximum Gasteiger partial charge on any atom is 0.292 e. The molecular weight excluding hydrogens is 289 g/mol. The van der Waals surface area contributed by atoms with Crippen molar-refractivity contribution in [3.63, 3.8) is 0 Å². The summed E-state index contributed by atoms with van der Waals surface area (Å²) in [7, 11) is -4.24. The Hall–Kier alpha value is -1.58. The number of rotatable bonds is 3. The molecule has 0 unspecified atom stereocenters. The van der Waals surface area contributed by atoms with E-state index in [9.17, 15) is 22.9 Å². The first-order chi connectivity index (χ1) is 9.35. The average molecular weight is 303 g/mol. The first-order valence-electron chi connectivity index (χ1n) is 6.01. The Bertz CT molecular complexity index is 635. The van der Waals surface area contributed by atoms with Gasteiger partial charge in [0.2, 0.25) is 0 Å². The second-order valence-electron chi connectivity index (χ2n) is 4.51. The van der Waals surface area contributed by atoms with Gasteiger partial charge in [-0.25, -0.2) is 12.8 Å². The van der Waals surface area contributed by atoms with Crippen LogP contribution in [0.4, 0.5) is 10.1 Å². The molecule has 20 heavy (non-hydrogen) atoms. The molecule has 0 bridgehead atoms. The molecule has 9 heteroatoms. The van der Waals surface area contributed by atoms with Crippen LogP contribution in [0.5, 0.6) is 0 Å². The monoisotopic (exact) mass is 303 g/mol. The van der Waals surface area contributed by atoms with Crippen LogP contribution in [-0.4, -0.2) is 43.3 Å². The average Bonchev–Trinajstić information content (AvgIpc) is 2.38. The number of hydrogen-bond acceptors (Lipinski definition) is 5. The van der Waals surface area contributed by atoms with Crippen molar-refractivity contribution in [3.05, 3.63) is 34.1 Å². The minimum Gasteiger partial charge on any atom is -0.314 e. The predicted octanol–water partition coefficient (Wildman–Crippen LogP) is 0.716. The summed E-state index contributed by atoms with van der Waals surface area (Å²) in [5.74, 6) is -1.11. The van der Waals surface area contributed by atoms with Crippen molar-refractivity contribution in [1.29, 1.82) is 0 Å². The van der Waals surface area contributed by atoms with E-state index in [-0.39, 0.29) is 6.54 Å². The number of nitrogens with zero attached hydrogens (tertiary/aromatic N) is 2. The van der Waals surface area contributed by atoms with Gasteiger partial charge < -0.3 is 5.32 Å². The van der Waals surface area contributed by atoms with Crippen molar-refractivity contribution in [2.24, 2.45) is 0 Å². The fraction of sp³-hybridized carbons (Fsp3) is 0.455. The molecule has 0 radical (unpaired) electrons. The number of halogens is 1. The van der Waals surface area contributed by atoms with E-state index in [0.717, 1.165) is 22.5 Å².